The van der Waals surface area contributed by atoms with Crippen molar-refractivity contribution in [1.82, 2.24) is 15.5 Å². The van der Waals surface area contributed by atoms with Crippen molar-refractivity contribution in [3.63, 3.8) is 0 Å². The average Bonchev–Trinajstić information content (AvgIpc) is 3.15. The fourth-order valence-electron chi connectivity index (χ4n) is 2.11. The topological polar surface area (TPSA) is 68.0 Å². The molecule has 6 heteroatoms. The van der Waals surface area contributed by atoms with Crippen LogP contribution < -0.4 is 5.32 Å². The van der Waals surface area contributed by atoms with E-state index in [4.69, 9.17) is 4.52 Å². The van der Waals surface area contributed by atoms with E-state index in [0.717, 1.165) is 47.7 Å². The molecule has 0 bridgehead atoms. The first-order chi connectivity index (χ1) is 11.2. The van der Waals surface area contributed by atoms with Gasteiger partial charge in [-0.05, 0) is 38.3 Å². The third-order valence-electron chi connectivity index (χ3n) is 3.43. The van der Waals surface area contributed by atoms with Crippen molar-refractivity contribution < 1.29 is 9.32 Å². The van der Waals surface area contributed by atoms with Crippen LogP contribution in [0.3, 0.4) is 0 Å². The minimum absolute atomic E-state index is 0.0613. The molecule has 2 heterocycles. The third-order valence-corrected chi connectivity index (χ3v) is 4.39. The zero-order valence-corrected chi connectivity index (χ0v) is 14.7. The Labute approximate surface area is 140 Å². The van der Waals surface area contributed by atoms with Crippen molar-refractivity contribution in [2.24, 2.45) is 0 Å². The Bertz CT molecular complexity index is 673. The van der Waals surface area contributed by atoms with Crippen LogP contribution in [0.25, 0.3) is 12.2 Å². The highest BCUT2D eigenvalue weighted by atomic mass is 32.1. The van der Waals surface area contributed by atoms with Crippen LogP contribution >= 0.6 is 11.3 Å². The van der Waals surface area contributed by atoms with Crippen LogP contribution in [0.15, 0.2) is 10.7 Å². The summed E-state index contributed by atoms with van der Waals surface area (Å²) in [7, 11) is 0. The summed E-state index contributed by atoms with van der Waals surface area (Å²) in [6.45, 7) is 6.78. The maximum atomic E-state index is 11.9. The number of aryl methyl sites for hydroxylation is 2. The molecular weight excluding hydrogens is 310 g/mol. The van der Waals surface area contributed by atoms with E-state index in [1.165, 1.54) is 11.3 Å². The summed E-state index contributed by atoms with van der Waals surface area (Å²) in [6.07, 6.45) is 9.55. The average molecular weight is 333 g/mol. The molecule has 0 unspecified atom stereocenters. The fraction of sp³-hybridized carbons (Fsp3) is 0.471. The lowest BCUT2D eigenvalue weighted by atomic mass is 10.1. The largest absolute Gasteiger partial charge is 0.361 e. The Kier molecular flexibility index (Phi) is 6.52. The van der Waals surface area contributed by atoms with Gasteiger partial charge in [0.2, 0.25) is 0 Å². The normalized spacial score (nSPS) is 11.3. The first-order valence-corrected chi connectivity index (χ1v) is 8.84. The number of amides is 1. The molecule has 1 N–H and O–H groups in total. The maximum absolute atomic E-state index is 11.9. The summed E-state index contributed by atoms with van der Waals surface area (Å²) in [5, 5.41) is 7.78. The Morgan fingerprint density at radius 1 is 1.35 bits per heavy atom. The number of unbranched alkanes of at least 4 members (excludes halogenated alkanes) is 1. The van der Waals surface area contributed by atoms with Crippen LogP contribution in [0.2, 0.25) is 0 Å². The highest BCUT2D eigenvalue weighted by Gasteiger charge is 2.11. The minimum atomic E-state index is -0.0613. The van der Waals surface area contributed by atoms with E-state index in [0.29, 0.717) is 11.4 Å². The second-order valence-corrected chi connectivity index (χ2v) is 6.42. The summed E-state index contributed by atoms with van der Waals surface area (Å²) in [5.41, 5.74) is 2.00. The van der Waals surface area contributed by atoms with Gasteiger partial charge < -0.3 is 9.84 Å². The number of nitrogens with zero attached hydrogens (tertiary/aromatic N) is 2. The predicted octanol–water partition coefficient (Wildman–Crippen LogP) is 4.09. The molecule has 0 fully saturated rings. The quantitative estimate of drug-likeness (QED) is 0.790. The van der Waals surface area contributed by atoms with Gasteiger partial charge in [0.25, 0.3) is 5.91 Å². The van der Waals surface area contributed by atoms with E-state index in [1.54, 1.807) is 6.20 Å². The zero-order valence-electron chi connectivity index (χ0n) is 13.9. The molecule has 1 amide bonds. The maximum Gasteiger partial charge on any atom is 0.263 e. The van der Waals surface area contributed by atoms with Gasteiger partial charge in [0.05, 0.1) is 11.9 Å². The lowest BCUT2D eigenvalue weighted by Gasteiger charge is -1.98. The van der Waals surface area contributed by atoms with Gasteiger partial charge >= 0.3 is 0 Å². The SMILES string of the molecule is CCCCc1noc(C)c1C=Cc1ncc(C(=O)NCCC)s1. The van der Waals surface area contributed by atoms with Gasteiger partial charge in [0.15, 0.2) is 0 Å². The van der Waals surface area contributed by atoms with Gasteiger partial charge in [-0.3, -0.25) is 4.79 Å². The van der Waals surface area contributed by atoms with Crippen molar-refractivity contribution in [2.45, 2.75) is 46.5 Å². The van der Waals surface area contributed by atoms with Crippen LogP contribution in [-0.4, -0.2) is 22.6 Å². The number of nitrogens with one attached hydrogen (secondary N) is 1. The van der Waals surface area contributed by atoms with Crippen molar-refractivity contribution in [3.8, 4) is 0 Å². The molecule has 2 rings (SSSR count). The summed E-state index contributed by atoms with van der Waals surface area (Å²) in [4.78, 5) is 16.8. The zero-order chi connectivity index (χ0) is 16.7. The van der Waals surface area contributed by atoms with Gasteiger partial charge in [-0.25, -0.2) is 4.98 Å². The lowest BCUT2D eigenvalue weighted by Crippen LogP contribution is -2.22. The fourth-order valence-corrected chi connectivity index (χ4v) is 2.85. The third kappa shape index (κ3) is 4.76. The van der Waals surface area contributed by atoms with Gasteiger partial charge in [0.1, 0.15) is 15.6 Å². The van der Waals surface area contributed by atoms with Gasteiger partial charge in [0, 0.05) is 12.1 Å². The molecule has 2 aromatic heterocycles. The van der Waals surface area contributed by atoms with E-state index in [9.17, 15) is 4.79 Å². The van der Waals surface area contributed by atoms with Crippen LogP contribution in [0.1, 0.15) is 64.8 Å². The minimum Gasteiger partial charge on any atom is -0.361 e. The molecule has 5 nitrogen and oxygen atoms in total. The number of carbonyl (C=O) groups is 1. The number of rotatable bonds is 8. The molecule has 0 aliphatic rings. The van der Waals surface area contributed by atoms with E-state index >= 15 is 0 Å². The van der Waals surface area contributed by atoms with Crippen molar-refractivity contribution in [1.29, 1.82) is 0 Å². The first kappa shape index (κ1) is 17.4. The van der Waals surface area contributed by atoms with Gasteiger partial charge in [-0.2, -0.15) is 0 Å². The highest BCUT2D eigenvalue weighted by molar-refractivity contribution is 7.14. The summed E-state index contributed by atoms with van der Waals surface area (Å²) < 4.78 is 5.29. The van der Waals surface area contributed by atoms with Crippen molar-refractivity contribution in [2.75, 3.05) is 6.54 Å². The molecule has 23 heavy (non-hydrogen) atoms. The number of aromatic nitrogens is 2. The number of hydrogen-bond acceptors (Lipinski definition) is 5. The smallest absolute Gasteiger partial charge is 0.263 e. The Morgan fingerprint density at radius 2 is 2.17 bits per heavy atom. The predicted molar refractivity (Wildman–Crippen MR) is 93.5 cm³/mol. The van der Waals surface area contributed by atoms with Gasteiger partial charge in [-0.15, -0.1) is 11.3 Å². The molecule has 0 saturated heterocycles. The van der Waals surface area contributed by atoms with Crippen molar-refractivity contribution >= 4 is 29.4 Å². The van der Waals surface area contributed by atoms with E-state index < -0.39 is 0 Å². The number of thiazole rings is 1. The number of carbonyl (C=O) groups excluding carboxylic acids is 1. The molecule has 0 aromatic carbocycles. The Balaban J connectivity index is 2.07. The number of hydrogen-bond donors (Lipinski definition) is 1. The molecule has 124 valence electrons. The van der Waals surface area contributed by atoms with Crippen LogP contribution in [0.5, 0.6) is 0 Å². The summed E-state index contributed by atoms with van der Waals surface area (Å²) in [5.74, 6) is 0.749. The van der Waals surface area contributed by atoms with E-state index in [-0.39, 0.29) is 5.91 Å². The molecule has 0 saturated carbocycles. The van der Waals surface area contributed by atoms with Crippen molar-refractivity contribution in [3.05, 3.63) is 33.1 Å². The molecule has 0 spiro atoms. The standard InChI is InChI=1S/C17H23N3O2S/c1-4-6-7-14-13(12(3)22-20-14)8-9-16-19-11-15(23-16)17(21)18-10-5-2/h8-9,11H,4-7,10H2,1-3H3,(H,18,21). The van der Waals surface area contributed by atoms with E-state index in [1.807, 2.05) is 26.0 Å². The lowest BCUT2D eigenvalue weighted by molar-refractivity contribution is 0.0957. The molecular formula is C17H23N3O2S. The highest BCUT2D eigenvalue weighted by Crippen LogP contribution is 2.21. The van der Waals surface area contributed by atoms with Gasteiger partial charge in [-0.1, -0.05) is 25.4 Å². The second kappa shape index (κ2) is 8.62. The van der Waals surface area contributed by atoms with Crippen LogP contribution in [0.4, 0.5) is 0 Å². The molecule has 0 atom stereocenters. The summed E-state index contributed by atoms with van der Waals surface area (Å²) >= 11 is 1.38. The Morgan fingerprint density at radius 3 is 2.91 bits per heavy atom. The van der Waals surface area contributed by atoms with E-state index in [2.05, 4.69) is 22.4 Å². The van der Waals surface area contributed by atoms with Crippen LogP contribution in [-0.2, 0) is 6.42 Å². The first-order valence-electron chi connectivity index (χ1n) is 8.03. The summed E-state index contributed by atoms with van der Waals surface area (Å²) in [6, 6.07) is 0. The van der Waals surface area contributed by atoms with Crippen LogP contribution in [0, 0.1) is 6.92 Å². The molecule has 0 aliphatic heterocycles. The molecule has 2 aromatic rings. The Hall–Kier alpha value is -1.95. The monoisotopic (exact) mass is 333 g/mol. The second-order valence-electron chi connectivity index (χ2n) is 5.35. The molecule has 0 aliphatic carbocycles. The molecule has 0 radical (unpaired) electrons.